The Morgan fingerprint density at radius 3 is 2.61 bits per heavy atom. The molecule has 1 unspecified atom stereocenters. The second kappa shape index (κ2) is 6.04. The van der Waals surface area contributed by atoms with E-state index in [9.17, 15) is 4.79 Å². The molecular formula is C13H18BrClN2O. The summed E-state index contributed by atoms with van der Waals surface area (Å²) < 4.78 is 0.752. The van der Waals surface area contributed by atoms with E-state index in [1.54, 1.807) is 18.2 Å². The Hall–Kier alpha value is -0.580. The largest absolute Gasteiger partial charge is 0.327 e. The van der Waals surface area contributed by atoms with Gasteiger partial charge in [-0.05, 0) is 39.5 Å². The minimum Gasteiger partial charge on any atom is -0.327 e. The van der Waals surface area contributed by atoms with Crippen molar-refractivity contribution in [3.63, 3.8) is 0 Å². The lowest BCUT2D eigenvalue weighted by atomic mass is 9.85. The zero-order chi connectivity index (χ0) is 13.9. The summed E-state index contributed by atoms with van der Waals surface area (Å²) in [5.74, 6) is -0.0911. The lowest BCUT2D eigenvalue weighted by molar-refractivity contribution is -0.117. The van der Waals surface area contributed by atoms with Crippen LogP contribution in [0.25, 0.3) is 0 Å². The van der Waals surface area contributed by atoms with Gasteiger partial charge in [0.2, 0.25) is 5.91 Å². The molecule has 0 heterocycles. The van der Waals surface area contributed by atoms with Crippen LogP contribution in [0.15, 0.2) is 22.7 Å². The normalized spacial score (nSPS) is 13.2. The van der Waals surface area contributed by atoms with Crippen molar-refractivity contribution in [3.8, 4) is 0 Å². The number of carbonyl (C=O) groups excluding carboxylic acids is 1. The highest BCUT2D eigenvalue weighted by atomic mass is 79.9. The monoisotopic (exact) mass is 332 g/mol. The first-order chi connectivity index (χ1) is 8.20. The van der Waals surface area contributed by atoms with Crippen molar-refractivity contribution >= 4 is 39.1 Å². The molecule has 1 aromatic carbocycles. The van der Waals surface area contributed by atoms with Crippen LogP contribution in [0.3, 0.4) is 0 Å². The van der Waals surface area contributed by atoms with E-state index < -0.39 is 0 Å². The molecule has 18 heavy (non-hydrogen) atoms. The Kier molecular flexibility index (Phi) is 5.20. The summed E-state index contributed by atoms with van der Waals surface area (Å²) in [5.41, 5.74) is 6.59. The highest BCUT2D eigenvalue weighted by Gasteiger charge is 2.23. The Bertz CT molecular complexity index is 443. The molecule has 0 fully saturated rings. The van der Waals surface area contributed by atoms with E-state index in [1.807, 2.05) is 20.8 Å². The molecule has 0 aliphatic rings. The molecule has 1 aromatic rings. The third-order valence-electron chi connectivity index (χ3n) is 2.72. The summed E-state index contributed by atoms with van der Waals surface area (Å²) in [6, 6.07) is 5.08. The fraction of sp³-hybridized carbons (Fsp3) is 0.462. The first kappa shape index (κ1) is 15.5. The van der Waals surface area contributed by atoms with Gasteiger partial charge in [-0.15, -0.1) is 0 Å². The number of anilines is 1. The van der Waals surface area contributed by atoms with E-state index in [4.69, 9.17) is 17.3 Å². The third-order valence-corrected chi connectivity index (χ3v) is 3.93. The highest BCUT2D eigenvalue weighted by Crippen LogP contribution is 2.26. The van der Waals surface area contributed by atoms with Gasteiger partial charge < -0.3 is 11.1 Å². The molecule has 0 aromatic heterocycles. The van der Waals surface area contributed by atoms with Crippen LogP contribution in [-0.4, -0.2) is 11.9 Å². The number of hydrogen-bond donors (Lipinski definition) is 2. The van der Waals surface area contributed by atoms with Gasteiger partial charge >= 0.3 is 0 Å². The predicted octanol–water partition coefficient (Wildman–Crippen LogP) is 3.80. The van der Waals surface area contributed by atoms with Crippen molar-refractivity contribution in [2.75, 3.05) is 5.32 Å². The van der Waals surface area contributed by atoms with Gasteiger partial charge in [-0.1, -0.05) is 32.4 Å². The Balaban J connectivity index is 2.62. The van der Waals surface area contributed by atoms with E-state index in [0.717, 1.165) is 4.47 Å². The van der Waals surface area contributed by atoms with E-state index in [2.05, 4.69) is 21.2 Å². The second-order valence-corrected chi connectivity index (χ2v) is 6.62. The van der Waals surface area contributed by atoms with Gasteiger partial charge in [-0.25, -0.2) is 0 Å². The maximum absolute atomic E-state index is 11.8. The quantitative estimate of drug-likeness (QED) is 0.884. The van der Waals surface area contributed by atoms with Gasteiger partial charge in [0.05, 0.1) is 5.02 Å². The van der Waals surface area contributed by atoms with Crippen molar-refractivity contribution < 1.29 is 4.79 Å². The van der Waals surface area contributed by atoms with Crippen molar-refractivity contribution in [1.82, 2.24) is 0 Å². The predicted molar refractivity (Wildman–Crippen MR) is 79.8 cm³/mol. The SMILES string of the molecule is CC(C)(C)C(N)CC(=O)Nc1ccc(Cl)c(Br)c1. The lowest BCUT2D eigenvalue weighted by Crippen LogP contribution is -2.38. The van der Waals surface area contributed by atoms with Gasteiger partial charge in [-0.3, -0.25) is 4.79 Å². The summed E-state index contributed by atoms with van der Waals surface area (Å²) in [6.07, 6.45) is 0.295. The number of hydrogen-bond acceptors (Lipinski definition) is 2. The number of halogens is 2. The molecule has 0 spiro atoms. The van der Waals surface area contributed by atoms with Crippen LogP contribution in [0.5, 0.6) is 0 Å². The second-order valence-electron chi connectivity index (χ2n) is 5.35. The minimum absolute atomic E-state index is 0.0854. The molecule has 3 N–H and O–H groups in total. The van der Waals surface area contributed by atoms with Crippen molar-refractivity contribution in [3.05, 3.63) is 27.7 Å². The van der Waals surface area contributed by atoms with E-state index in [-0.39, 0.29) is 17.4 Å². The van der Waals surface area contributed by atoms with Gasteiger partial charge in [0.1, 0.15) is 0 Å². The van der Waals surface area contributed by atoms with Crippen LogP contribution < -0.4 is 11.1 Å². The number of nitrogens with one attached hydrogen (secondary N) is 1. The number of amides is 1. The van der Waals surface area contributed by atoms with Crippen LogP contribution in [0.2, 0.25) is 5.02 Å². The van der Waals surface area contributed by atoms with E-state index in [0.29, 0.717) is 17.1 Å². The summed E-state index contributed by atoms with van der Waals surface area (Å²) >= 11 is 9.19. The fourth-order valence-electron chi connectivity index (χ4n) is 1.29. The van der Waals surface area contributed by atoms with Gasteiger partial charge in [0.25, 0.3) is 0 Å². The summed E-state index contributed by atoms with van der Waals surface area (Å²) in [6.45, 7) is 6.05. The maximum atomic E-state index is 11.8. The number of benzene rings is 1. The fourth-order valence-corrected chi connectivity index (χ4v) is 1.79. The van der Waals surface area contributed by atoms with Crippen LogP contribution in [0, 0.1) is 5.41 Å². The first-order valence-corrected chi connectivity index (χ1v) is 6.87. The Morgan fingerprint density at radius 1 is 1.50 bits per heavy atom. The molecule has 0 aliphatic carbocycles. The smallest absolute Gasteiger partial charge is 0.225 e. The molecule has 5 heteroatoms. The zero-order valence-corrected chi connectivity index (χ0v) is 13.1. The average Bonchev–Trinajstić information content (AvgIpc) is 2.22. The Morgan fingerprint density at radius 2 is 2.11 bits per heavy atom. The molecule has 1 rings (SSSR count). The molecule has 1 atom stereocenters. The molecule has 3 nitrogen and oxygen atoms in total. The van der Waals surface area contributed by atoms with E-state index >= 15 is 0 Å². The number of rotatable bonds is 3. The number of nitrogens with two attached hydrogens (primary N) is 1. The number of carbonyl (C=O) groups is 1. The zero-order valence-electron chi connectivity index (χ0n) is 10.8. The van der Waals surface area contributed by atoms with Crippen LogP contribution in [0.1, 0.15) is 27.2 Å². The van der Waals surface area contributed by atoms with Crippen LogP contribution in [0.4, 0.5) is 5.69 Å². The molecule has 0 aliphatic heterocycles. The molecule has 0 saturated heterocycles. The standard InChI is InChI=1S/C13H18BrClN2O/c1-13(2,3)11(16)7-12(18)17-8-4-5-10(15)9(14)6-8/h4-6,11H,7,16H2,1-3H3,(H,17,18). The van der Waals surface area contributed by atoms with Gasteiger partial charge in [0, 0.05) is 22.6 Å². The summed E-state index contributed by atoms with van der Waals surface area (Å²) in [4.78, 5) is 11.8. The molecule has 0 radical (unpaired) electrons. The molecular weight excluding hydrogens is 316 g/mol. The summed E-state index contributed by atoms with van der Waals surface area (Å²) in [5, 5.41) is 3.42. The molecule has 1 amide bonds. The lowest BCUT2D eigenvalue weighted by Gasteiger charge is -2.26. The minimum atomic E-state index is -0.173. The topological polar surface area (TPSA) is 55.1 Å². The van der Waals surface area contributed by atoms with Crippen molar-refractivity contribution in [2.24, 2.45) is 11.1 Å². The van der Waals surface area contributed by atoms with Gasteiger partial charge in [-0.2, -0.15) is 0 Å². The van der Waals surface area contributed by atoms with Crippen LogP contribution in [-0.2, 0) is 4.79 Å². The third kappa shape index (κ3) is 4.59. The Labute approximate surface area is 121 Å². The van der Waals surface area contributed by atoms with E-state index in [1.165, 1.54) is 0 Å². The molecule has 0 saturated carbocycles. The first-order valence-electron chi connectivity index (χ1n) is 5.70. The van der Waals surface area contributed by atoms with Crippen molar-refractivity contribution in [2.45, 2.75) is 33.2 Å². The average molecular weight is 334 g/mol. The van der Waals surface area contributed by atoms with Gasteiger partial charge in [0.15, 0.2) is 0 Å². The van der Waals surface area contributed by atoms with Crippen LogP contribution >= 0.6 is 27.5 Å². The summed E-state index contributed by atoms with van der Waals surface area (Å²) in [7, 11) is 0. The molecule has 0 bridgehead atoms. The maximum Gasteiger partial charge on any atom is 0.225 e. The highest BCUT2D eigenvalue weighted by molar-refractivity contribution is 9.10. The molecule has 100 valence electrons. The van der Waals surface area contributed by atoms with Crippen molar-refractivity contribution in [1.29, 1.82) is 0 Å².